The summed E-state index contributed by atoms with van der Waals surface area (Å²) >= 11 is 0. The van der Waals surface area contributed by atoms with Crippen LogP contribution in [-0.2, 0) is 9.47 Å². The highest BCUT2D eigenvalue weighted by molar-refractivity contribution is 5.70. The third-order valence-corrected chi connectivity index (χ3v) is 1.72. The van der Waals surface area contributed by atoms with Gasteiger partial charge in [0.15, 0.2) is 6.10 Å². The van der Waals surface area contributed by atoms with Gasteiger partial charge in [0.05, 0.1) is 19.3 Å². The van der Waals surface area contributed by atoms with Gasteiger partial charge < -0.3 is 14.8 Å². The van der Waals surface area contributed by atoms with E-state index in [4.69, 9.17) is 9.47 Å². The van der Waals surface area contributed by atoms with Crippen LogP contribution in [0.15, 0.2) is 25.3 Å². The molecule has 4 heteroatoms. The Morgan fingerprint density at radius 3 is 3.00 bits per heavy atom. The van der Waals surface area contributed by atoms with Gasteiger partial charge in [0.2, 0.25) is 0 Å². The van der Waals surface area contributed by atoms with E-state index in [9.17, 15) is 4.79 Å². The average molecular weight is 183 g/mol. The lowest BCUT2D eigenvalue weighted by Crippen LogP contribution is -2.32. The molecule has 72 valence electrons. The van der Waals surface area contributed by atoms with Crippen LogP contribution in [0, 0.1) is 0 Å². The normalized spacial score (nSPS) is 26.3. The average Bonchev–Trinajstić information content (AvgIpc) is 2.47. The first-order valence-corrected chi connectivity index (χ1v) is 4.06. The molecule has 1 rings (SSSR count). The Morgan fingerprint density at radius 1 is 1.62 bits per heavy atom. The fourth-order valence-corrected chi connectivity index (χ4v) is 1.09. The van der Waals surface area contributed by atoms with Crippen LogP contribution in [0.1, 0.15) is 0 Å². The monoisotopic (exact) mass is 183 g/mol. The SMILES string of the molecule is C=CCOC[C@H]1OC(=O)N[C@@H]1C=C. The summed E-state index contributed by atoms with van der Waals surface area (Å²) in [6.07, 6.45) is 2.59. The van der Waals surface area contributed by atoms with Gasteiger partial charge >= 0.3 is 6.09 Å². The summed E-state index contributed by atoms with van der Waals surface area (Å²) in [4.78, 5) is 10.8. The van der Waals surface area contributed by atoms with Gasteiger partial charge in [-0.15, -0.1) is 13.2 Å². The topological polar surface area (TPSA) is 47.6 Å². The van der Waals surface area contributed by atoms with Crippen LogP contribution < -0.4 is 5.32 Å². The predicted octanol–water partition coefficient (Wildman–Crippen LogP) is 0.852. The lowest BCUT2D eigenvalue weighted by atomic mass is 10.2. The van der Waals surface area contributed by atoms with E-state index >= 15 is 0 Å². The first kappa shape index (κ1) is 9.80. The molecule has 1 amide bonds. The molecule has 1 aliphatic heterocycles. The second-order valence-corrected chi connectivity index (χ2v) is 2.68. The lowest BCUT2D eigenvalue weighted by Gasteiger charge is -2.12. The zero-order valence-electron chi connectivity index (χ0n) is 7.36. The second kappa shape index (κ2) is 4.67. The van der Waals surface area contributed by atoms with Gasteiger partial charge in [0.25, 0.3) is 0 Å². The summed E-state index contributed by atoms with van der Waals surface area (Å²) in [5.74, 6) is 0. The van der Waals surface area contributed by atoms with E-state index in [0.29, 0.717) is 13.2 Å². The third-order valence-electron chi connectivity index (χ3n) is 1.72. The van der Waals surface area contributed by atoms with Crippen LogP contribution >= 0.6 is 0 Å². The van der Waals surface area contributed by atoms with Gasteiger partial charge in [0, 0.05) is 0 Å². The maximum Gasteiger partial charge on any atom is 0.408 e. The minimum absolute atomic E-state index is 0.155. The first-order chi connectivity index (χ1) is 6.27. The van der Waals surface area contributed by atoms with Gasteiger partial charge in [-0.05, 0) is 0 Å². The van der Waals surface area contributed by atoms with Crippen molar-refractivity contribution in [1.82, 2.24) is 5.32 Å². The molecule has 2 atom stereocenters. The lowest BCUT2D eigenvalue weighted by molar-refractivity contribution is 0.0511. The number of carbonyl (C=O) groups excluding carboxylic acids is 1. The molecule has 0 aromatic rings. The maximum absolute atomic E-state index is 10.8. The Kier molecular flexibility index (Phi) is 3.52. The highest BCUT2D eigenvalue weighted by atomic mass is 16.6. The molecule has 0 radical (unpaired) electrons. The molecule has 0 saturated carbocycles. The molecule has 4 nitrogen and oxygen atoms in total. The number of carbonyl (C=O) groups is 1. The smallest absolute Gasteiger partial charge is 0.408 e. The molecule has 1 heterocycles. The van der Waals surface area contributed by atoms with Crippen molar-refractivity contribution in [3.05, 3.63) is 25.3 Å². The highest BCUT2D eigenvalue weighted by Crippen LogP contribution is 2.09. The molecule has 0 unspecified atom stereocenters. The van der Waals surface area contributed by atoms with Crippen molar-refractivity contribution in [3.63, 3.8) is 0 Å². The van der Waals surface area contributed by atoms with Gasteiger partial charge in [-0.3, -0.25) is 0 Å². The second-order valence-electron chi connectivity index (χ2n) is 2.68. The fraction of sp³-hybridized carbons (Fsp3) is 0.444. The van der Waals surface area contributed by atoms with Gasteiger partial charge in [0.1, 0.15) is 0 Å². The van der Waals surface area contributed by atoms with Gasteiger partial charge in [-0.1, -0.05) is 12.2 Å². The molecule has 0 spiro atoms. The van der Waals surface area contributed by atoms with Crippen LogP contribution in [0.25, 0.3) is 0 Å². The highest BCUT2D eigenvalue weighted by Gasteiger charge is 2.31. The van der Waals surface area contributed by atoms with Crippen LogP contribution in [0.2, 0.25) is 0 Å². The summed E-state index contributed by atoms with van der Waals surface area (Å²) in [6.45, 7) is 7.91. The van der Waals surface area contributed by atoms with Crippen molar-refractivity contribution in [2.24, 2.45) is 0 Å². The molecule has 1 aliphatic rings. The third kappa shape index (κ3) is 2.59. The number of hydrogen-bond acceptors (Lipinski definition) is 3. The van der Waals surface area contributed by atoms with Crippen LogP contribution in [0.5, 0.6) is 0 Å². The number of ether oxygens (including phenoxy) is 2. The fourth-order valence-electron chi connectivity index (χ4n) is 1.09. The van der Waals surface area contributed by atoms with E-state index < -0.39 is 6.09 Å². The Hall–Kier alpha value is -1.29. The Bertz CT molecular complexity index is 215. The minimum Gasteiger partial charge on any atom is -0.441 e. The molecular formula is C9H13NO3. The zero-order valence-corrected chi connectivity index (χ0v) is 7.36. The van der Waals surface area contributed by atoms with Crippen molar-refractivity contribution in [2.75, 3.05) is 13.2 Å². The number of hydrogen-bond donors (Lipinski definition) is 1. The molecule has 0 aromatic carbocycles. The number of amides is 1. The minimum atomic E-state index is -0.419. The van der Waals surface area contributed by atoms with E-state index in [1.807, 2.05) is 0 Å². The summed E-state index contributed by atoms with van der Waals surface area (Å²) in [7, 11) is 0. The number of alkyl carbamates (subject to hydrolysis) is 1. The number of rotatable bonds is 5. The summed E-state index contributed by atoms with van der Waals surface area (Å²) in [6, 6.07) is -0.155. The number of cyclic esters (lactones) is 1. The van der Waals surface area contributed by atoms with Crippen molar-refractivity contribution in [3.8, 4) is 0 Å². The zero-order chi connectivity index (χ0) is 9.68. The predicted molar refractivity (Wildman–Crippen MR) is 48.4 cm³/mol. The molecule has 0 aliphatic carbocycles. The first-order valence-electron chi connectivity index (χ1n) is 4.06. The van der Waals surface area contributed by atoms with E-state index in [-0.39, 0.29) is 12.1 Å². The standard InChI is InChI=1S/C9H13NO3/c1-3-5-12-6-8-7(4-2)10-9(11)13-8/h3-4,7-8H,1-2,5-6H2,(H,10,11)/t7-,8-/m1/s1. The summed E-state index contributed by atoms with van der Waals surface area (Å²) in [5.41, 5.74) is 0. The van der Waals surface area contributed by atoms with Crippen LogP contribution in [0.4, 0.5) is 4.79 Å². The maximum atomic E-state index is 10.8. The summed E-state index contributed by atoms with van der Waals surface area (Å²) in [5, 5.41) is 2.60. The van der Waals surface area contributed by atoms with Gasteiger partial charge in [-0.25, -0.2) is 4.79 Å². The van der Waals surface area contributed by atoms with E-state index in [2.05, 4.69) is 18.5 Å². The Labute approximate surface area is 77.2 Å². The molecule has 1 N–H and O–H groups in total. The Balaban J connectivity index is 2.34. The molecular weight excluding hydrogens is 170 g/mol. The van der Waals surface area contributed by atoms with Crippen molar-refractivity contribution in [1.29, 1.82) is 0 Å². The Morgan fingerprint density at radius 2 is 2.38 bits per heavy atom. The van der Waals surface area contributed by atoms with Crippen molar-refractivity contribution >= 4 is 6.09 Å². The quantitative estimate of drug-likeness (QED) is 0.507. The largest absolute Gasteiger partial charge is 0.441 e. The van der Waals surface area contributed by atoms with Crippen molar-refractivity contribution < 1.29 is 14.3 Å². The molecule has 0 bridgehead atoms. The van der Waals surface area contributed by atoms with Crippen molar-refractivity contribution in [2.45, 2.75) is 12.1 Å². The molecule has 1 fully saturated rings. The van der Waals surface area contributed by atoms with Crippen LogP contribution in [0.3, 0.4) is 0 Å². The van der Waals surface area contributed by atoms with E-state index in [1.54, 1.807) is 12.2 Å². The number of nitrogens with one attached hydrogen (secondary N) is 1. The molecule has 0 aromatic heterocycles. The molecule has 13 heavy (non-hydrogen) atoms. The van der Waals surface area contributed by atoms with E-state index in [1.165, 1.54) is 0 Å². The summed E-state index contributed by atoms with van der Waals surface area (Å²) < 4.78 is 10.1. The van der Waals surface area contributed by atoms with E-state index in [0.717, 1.165) is 0 Å². The molecule has 1 saturated heterocycles. The van der Waals surface area contributed by atoms with Crippen LogP contribution in [-0.4, -0.2) is 31.5 Å². The van der Waals surface area contributed by atoms with Gasteiger partial charge in [-0.2, -0.15) is 0 Å².